The second-order valence-electron chi connectivity index (χ2n) is 4.86. The minimum atomic E-state index is -0.211. The quantitative estimate of drug-likeness (QED) is 0.601. The summed E-state index contributed by atoms with van der Waals surface area (Å²) in [5.74, 6) is 0.533. The van der Waals surface area contributed by atoms with E-state index in [1.54, 1.807) is 13.3 Å². The Morgan fingerprint density at radius 3 is 2.78 bits per heavy atom. The number of anilines is 1. The van der Waals surface area contributed by atoms with Crippen molar-refractivity contribution in [3.05, 3.63) is 58.1 Å². The van der Waals surface area contributed by atoms with Crippen molar-refractivity contribution in [2.24, 2.45) is 5.10 Å². The molecule has 0 heterocycles. The second-order valence-corrected chi connectivity index (χ2v) is 5.71. The van der Waals surface area contributed by atoms with Gasteiger partial charge in [0.05, 0.1) is 24.3 Å². The van der Waals surface area contributed by atoms with Crippen LogP contribution in [0.1, 0.15) is 11.1 Å². The van der Waals surface area contributed by atoms with Gasteiger partial charge in [-0.3, -0.25) is 4.79 Å². The Morgan fingerprint density at radius 2 is 2.09 bits per heavy atom. The molecule has 5 nitrogen and oxygen atoms in total. The summed E-state index contributed by atoms with van der Waals surface area (Å²) in [5.41, 5.74) is 5.37. The normalized spacial score (nSPS) is 10.6. The van der Waals surface area contributed by atoms with E-state index in [-0.39, 0.29) is 12.5 Å². The highest BCUT2D eigenvalue weighted by atomic mass is 79.9. The van der Waals surface area contributed by atoms with Crippen molar-refractivity contribution >= 4 is 33.7 Å². The molecule has 0 radical (unpaired) electrons. The van der Waals surface area contributed by atoms with Gasteiger partial charge in [-0.25, -0.2) is 5.43 Å². The number of amides is 1. The average molecular weight is 376 g/mol. The molecular formula is C17H18BrN3O2. The minimum Gasteiger partial charge on any atom is -0.496 e. The maximum absolute atomic E-state index is 11.8. The van der Waals surface area contributed by atoms with Gasteiger partial charge in [0.25, 0.3) is 5.91 Å². The van der Waals surface area contributed by atoms with Crippen LogP contribution in [0.15, 0.2) is 52.0 Å². The number of carbonyl (C=O) groups excluding carboxylic acids is 1. The molecular weight excluding hydrogens is 358 g/mol. The van der Waals surface area contributed by atoms with Crippen LogP contribution in [0.2, 0.25) is 0 Å². The fourth-order valence-corrected chi connectivity index (χ4v) is 2.49. The number of aryl methyl sites for hydroxylation is 1. The zero-order chi connectivity index (χ0) is 16.7. The van der Waals surface area contributed by atoms with Gasteiger partial charge in [0, 0.05) is 5.69 Å². The van der Waals surface area contributed by atoms with Gasteiger partial charge in [-0.2, -0.15) is 5.10 Å². The van der Waals surface area contributed by atoms with E-state index in [0.29, 0.717) is 0 Å². The lowest BCUT2D eigenvalue weighted by Crippen LogP contribution is -2.26. The van der Waals surface area contributed by atoms with E-state index < -0.39 is 0 Å². The Bertz CT molecular complexity index is 717. The van der Waals surface area contributed by atoms with Crippen LogP contribution in [-0.2, 0) is 4.79 Å². The number of hydrazone groups is 1. The molecule has 0 aliphatic carbocycles. The highest BCUT2D eigenvalue weighted by Gasteiger charge is 2.02. The number of hydrogen-bond donors (Lipinski definition) is 2. The molecule has 2 aromatic carbocycles. The lowest BCUT2D eigenvalue weighted by atomic mass is 10.2. The van der Waals surface area contributed by atoms with Gasteiger partial charge in [-0.15, -0.1) is 0 Å². The van der Waals surface area contributed by atoms with Crippen molar-refractivity contribution in [2.75, 3.05) is 19.0 Å². The average Bonchev–Trinajstić information content (AvgIpc) is 2.54. The van der Waals surface area contributed by atoms with Crippen molar-refractivity contribution in [3.8, 4) is 5.75 Å². The summed E-state index contributed by atoms with van der Waals surface area (Å²) in [6.45, 7) is 2.15. The first kappa shape index (κ1) is 17.0. The SMILES string of the molecule is COc1ccc(/C=N/NC(=O)CNc2ccccc2C)cc1Br. The van der Waals surface area contributed by atoms with Crippen LogP contribution in [0.3, 0.4) is 0 Å². The van der Waals surface area contributed by atoms with Gasteiger partial charge in [-0.1, -0.05) is 18.2 Å². The molecule has 0 saturated carbocycles. The van der Waals surface area contributed by atoms with Gasteiger partial charge in [-0.05, 0) is 58.2 Å². The van der Waals surface area contributed by atoms with Crippen molar-refractivity contribution in [3.63, 3.8) is 0 Å². The number of para-hydroxylation sites is 1. The lowest BCUT2D eigenvalue weighted by Gasteiger charge is -2.07. The number of ether oxygens (including phenoxy) is 1. The number of rotatable bonds is 6. The summed E-state index contributed by atoms with van der Waals surface area (Å²) in [7, 11) is 1.61. The molecule has 0 aliphatic rings. The molecule has 2 aromatic rings. The molecule has 0 unspecified atom stereocenters. The third-order valence-corrected chi connectivity index (χ3v) is 3.78. The standard InChI is InChI=1S/C17H18BrN3O2/c1-12-5-3-4-6-15(12)19-11-17(22)21-20-10-13-7-8-16(23-2)14(18)9-13/h3-10,19H,11H2,1-2H3,(H,21,22)/b20-10+. The third kappa shape index (κ3) is 5.10. The maximum atomic E-state index is 11.8. The summed E-state index contributed by atoms with van der Waals surface area (Å²) in [4.78, 5) is 11.8. The minimum absolute atomic E-state index is 0.161. The van der Waals surface area contributed by atoms with Gasteiger partial charge in [0.1, 0.15) is 5.75 Å². The molecule has 6 heteroatoms. The van der Waals surface area contributed by atoms with E-state index in [1.165, 1.54) is 0 Å². The van der Waals surface area contributed by atoms with Crippen molar-refractivity contribution < 1.29 is 9.53 Å². The van der Waals surface area contributed by atoms with Crippen LogP contribution < -0.4 is 15.5 Å². The fourth-order valence-electron chi connectivity index (χ4n) is 1.93. The van der Waals surface area contributed by atoms with Crippen LogP contribution in [0.4, 0.5) is 5.69 Å². The summed E-state index contributed by atoms with van der Waals surface area (Å²) < 4.78 is 5.99. The third-order valence-electron chi connectivity index (χ3n) is 3.16. The van der Waals surface area contributed by atoms with Gasteiger partial charge in [0.15, 0.2) is 0 Å². The van der Waals surface area contributed by atoms with E-state index >= 15 is 0 Å². The van der Waals surface area contributed by atoms with E-state index in [2.05, 4.69) is 31.8 Å². The smallest absolute Gasteiger partial charge is 0.259 e. The Labute approximate surface area is 143 Å². The topological polar surface area (TPSA) is 62.7 Å². The number of nitrogens with zero attached hydrogens (tertiary/aromatic N) is 1. The molecule has 0 atom stereocenters. The van der Waals surface area contributed by atoms with Gasteiger partial charge in [0.2, 0.25) is 0 Å². The molecule has 23 heavy (non-hydrogen) atoms. The highest BCUT2D eigenvalue weighted by Crippen LogP contribution is 2.24. The van der Waals surface area contributed by atoms with Crippen LogP contribution in [0.5, 0.6) is 5.75 Å². The maximum Gasteiger partial charge on any atom is 0.259 e. The van der Waals surface area contributed by atoms with Crippen LogP contribution >= 0.6 is 15.9 Å². The number of methoxy groups -OCH3 is 1. The highest BCUT2D eigenvalue weighted by molar-refractivity contribution is 9.10. The summed E-state index contributed by atoms with van der Waals surface area (Å²) >= 11 is 3.40. The predicted octanol–water partition coefficient (Wildman–Crippen LogP) is 3.33. The molecule has 1 amide bonds. The Balaban J connectivity index is 1.84. The Kier molecular flexibility index (Phi) is 6.17. The zero-order valence-corrected chi connectivity index (χ0v) is 14.6. The molecule has 2 N–H and O–H groups in total. The number of halogens is 1. The van der Waals surface area contributed by atoms with Crippen molar-refractivity contribution in [2.45, 2.75) is 6.92 Å². The summed E-state index contributed by atoms with van der Waals surface area (Å²) in [5, 5.41) is 7.02. The van der Waals surface area contributed by atoms with E-state index in [9.17, 15) is 4.79 Å². The fraction of sp³-hybridized carbons (Fsp3) is 0.176. The molecule has 2 rings (SSSR count). The van der Waals surface area contributed by atoms with E-state index in [0.717, 1.165) is 27.0 Å². The monoisotopic (exact) mass is 375 g/mol. The number of hydrogen-bond acceptors (Lipinski definition) is 4. The zero-order valence-electron chi connectivity index (χ0n) is 13.0. The number of benzene rings is 2. The number of carbonyl (C=O) groups is 1. The molecule has 0 spiro atoms. The van der Waals surface area contributed by atoms with Gasteiger partial charge < -0.3 is 10.1 Å². The van der Waals surface area contributed by atoms with Crippen LogP contribution in [0.25, 0.3) is 0 Å². The summed E-state index contributed by atoms with van der Waals surface area (Å²) in [6.07, 6.45) is 1.58. The van der Waals surface area contributed by atoms with Gasteiger partial charge >= 0.3 is 0 Å². The molecule has 0 bridgehead atoms. The van der Waals surface area contributed by atoms with E-state index in [1.807, 2.05) is 49.4 Å². The first-order valence-corrected chi connectivity index (χ1v) is 7.84. The molecule has 120 valence electrons. The van der Waals surface area contributed by atoms with Crippen molar-refractivity contribution in [1.82, 2.24) is 5.43 Å². The number of nitrogens with one attached hydrogen (secondary N) is 2. The Morgan fingerprint density at radius 1 is 1.30 bits per heavy atom. The first-order valence-electron chi connectivity index (χ1n) is 7.05. The van der Waals surface area contributed by atoms with E-state index in [4.69, 9.17) is 4.74 Å². The first-order chi connectivity index (χ1) is 11.1. The van der Waals surface area contributed by atoms with Crippen LogP contribution in [-0.4, -0.2) is 25.8 Å². The predicted molar refractivity (Wildman–Crippen MR) is 96.1 cm³/mol. The largest absolute Gasteiger partial charge is 0.496 e. The molecule has 0 aromatic heterocycles. The summed E-state index contributed by atoms with van der Waals surface area (Å²) in [6, 6.07) is 13.3. The molecule has 0 fully saturated rings. The van der Waals surface area contributed by atoms with Crippen molar-refractivity contribution in [1.29, 1.82) is 0 Å². The lowest BCUT2D eigenvalue weighted by molar-refractivity contribution is -0.119. The van der Waals surface area contributed by atoms with Crippen LogP contribution in [0, 0.1) is 6.92 Å². The molecule has 0 aliphatic heterocycles. The second kappa shape index (κ2) is 8.33. The molecule has 0 saturated heterocycles. The Hall–Kier alpha value is -2.34.